The summed E-state index contributed by atoms with van der Waals surface area (Å²) in [4.78, 5) is 0. The molecule has 1 saturated carbocycles. The van der Waals surface area contributed by atoms with Gasteiger partial charge >= 0.3 is 0 Å². The molecule has 1 unspecified atom stereocenters. The van der Waals surface area contributed by atoms with Crippen LogP contribution in [0, 0.1) is 5.41 Å². The largest absolute Gasteiger partial charge is 0.310 e. The number of nitrogens with one attached hydrogen (secondary N) is 1. The van der Waals surface area contributed by atoms with E-state index in [2.05, 4.69) is 32.7 Å². The van der Waals surface area contributed by atoms with Crippen LogP contribution in [0.1, 0.15) is 52.9 Å². The molecule has 0 spiro atoms. The van der Waals surface area contributed by atoms with Crippen molar-refractivity contribution in [1.82, 2.24) is 5.32 Å². The molecule has 1 rings (SSSR count). The van der Waals surface area contributed by atoms with Crippen molar-refractivity contribution >= 4 is 0 Å². The van der Waals surface area contributed by atoms with Gasteiger partial charge in [0.2, 0.25) is 0 Å². The summed E-state index contributed by atoms with van der Waals surface area (Å²) in [6.45, 7) is 11.9. The van der Waals surface area contributed by atoms with Crippen LogP contribution in [0.5, 0.6) is 0 Å². The highest BCUT2D eigenvalue weighted by molar-refractivity contribution is 5.11. The summed E-state index contributed by atoms with van der Waals surface area (Å²) in [7, 11) is 0. The van der Waals surface area contributed by atoms with Crippen LogP contribution in [-0.2, 0) is 0 Å². The quantitative estimate of drug-likeness (QED) is 0.662. The monoisotopic (exact) mass is 195 g/mol. The Morgan fingerprint density at radius 2 is 1.93 bits per heavy atom. The molecule has 1 nitrogen and oxygen atoms in total. The van der Waals surface area contributed by atoms with E-state index in [0.717, 1.165) is 6.54 Å². The van der Waals surface area contributed by atoms with Crippen molar-refractivity contribution in [3.8, 4) is 0 Å². The zero-order valence-electron chi connectivity index (χ0n) is 10.0. The maximum absolute atomic E-state index is 4.15. The van der Waals surface area contributed by atoms with Gasteiger partial charge in [0.15, 0.2) is 0 Å². The van der Waals surface area contributed by atoms with E-state index in [4.69, 9.17) is 0 Å². The first kappa shape index (κ1) is 11.8. The summed E-state index contributed by atoms with van der Waals surface area (Å²) in [6.07, 6.45) is 6.87. The van der Waals surface area contributed by atoms with E-state index in [1.165, 1.54) is 37.7 Å². The highest BCUT2D eigenvalue weighted by atomic mass is 14.9. The lowest BCUT2D eigenvalue weighted by Gasteiger charge is -2.38. The predicted molar refractivity (Wildman–Crippen MR) is 63.5 cm³/mol. The fourth-order valence-electron chi connectivity index (χ4n) is 3.04. The maximum Gasteiger partial charge on any atom is 0.0330 e. The molecule has 82 valence electrons. The molecular formula is C13H25N. The lowest BCUT2D eigenvalue weighted by Crippen LogP contribution is -2.44. The normalized spacial score (nSPS) is 22.2. The highest BCUT2D eigenvalue weighted by Crippen LogP contribution is 2.45. The molecular weight excluding hydrogens is 170 g/mol. The summed E-state index contributed by atoms with van der Waals surface area (Å²) in [5, 5.41) is 3.62. The second kappa shape index (κ2) is 4.97. The fourth-order valence-corrected chi connectivity index (χ4v) is 3.04. The van der Waals surface area contributed by atoms with Crippen LogP contribution in [0.4, 0.5) is 0 Å². The van der Waals surface area contributed by atoms with Crippen molar-refractivity contribution in [2.75, 3.05) is 6.54 Å². The molecule has 1 aliphatic carbocycles. The van der Waals surface area contributed by atoms with E-state index >= 15 is 0 Å². The molecule has 1 N–H and O–H groups in total. The van der Waals surface area contributed by atoms with Crippen LogP contribution in [0.25, 0.3) is 0 Å². The molecule has 1 atom stereocenters. The molecule has 0 saturated heterocycles. The maximum atomic E-state index is 4.15. The van der Waals surface area contributed by atoms with Gasteiger partial charge in [0, 0.05) is 6.04 Å². The van der Waals surface area contributed by atoms with Crippen molar-refractivity contribution in [2.24, 2.45) is 5.41 Å². The Morgan fingerprint density at radius 3 is 2.29 bits per heavy atom. The average Bonchev–Trinajstić information content (AvgIpc) is 2.63. The smallest absolute Gasteiger partial charge is 0.0330 e. The van der Waals surface area contributed by atoms with Crippen molar-refractivity contribution in [2.45, 2.75) is 58.9 Å². The molecule has 0 aromatic carbocycles. The fraction of sp³-hybridized carbons (Fsp3) is 0.846. The Hall–Kier alpha value is -0.300. The van der Waals surface area contributed by atoms with Crippen molar-refractivity contribution in [1.29, 1.82) is 0 Å². The van der Waals surface area contributed by atoms with Gasteiger partial charge in [-0.3, -0.25) is 0 Å². The summed E-state index contributed by atoms with van der Waals surface area (Å²) in [6, 6.07) is 0.542. The van der Waals surface area contributed by atoms with Crippen molar-refractivity contribution < 1.29 is 0 Å². The van der Waals surface area contributed by atoms with Gasteiger partial charge in [-0.25, -0.2) is 0 Å². The first-order valence-corrected chi connectivity index (χ1v) is 6.05. The van der Waals surface area contributed by atoms with E-state index in [0.29, 0.717) is 11.5 Å². The van der Waals surface area contributed by atoms with Crippen LogP contribution in [0.15, 0.2) is 12.2 Å². The summed E-state index contributed by atoms with van der Waals surface area (Å²) in [5.74, 6) is 0. The first-order valence-electron chi connectivity index (χ1n) is 6.05. The van der Waals surface area contributed by atoms with Crippen LogP contribution in [0.3, 0.4) is 0 Å². The molecule has 0 radical (unpaired) electrons. The lowest BCUT2D eigenvalue weighted by atomic mass is 9.74. The van der Waals surface area contributed by atoms with Crippen LogP contribution in [0.2, 0.25) is 0 Å². The molecule has 1 fully saturated rings. The third kappa shape index (κ3) is 2.20. The lowest BCUT2D eigenvalue weighted by molar-refractivity contribution is 0.213. The molecule has 0 bridgehead atoms. The first-order chi connectivity index (χ1) is 6.66. The Balaban J connectivity index is 2.76. The molecule has 0 aromatic heterocycles. The SMILES string of the molecule is C=C(C)C(NCC)C1(CC)CCCC1. The summed E-state index contributed by atoms with van der Waals surface area (Å²) >= 11 is 0. The third-order valence-corrected chi connectivity index (χ3v) is 3.82. The molecule has 1 heteroatoms. The third-order valence-electron chi connectivity index (χ3n) is 3.82. The Kier molecular flexibility index (Phi) is 4.18. The topological polar surface area (TPSA) is 12.0 Å². The number of hydrogen-bond acceptors (Lipinski definition) is 1. The van der Waals surface area contributed by atoms with E-state index in [1.54, 1.807) is 0 Å². The molecule has 14 heavy (non-hydrogen) atoms. The highest BCUT2D eigenvalue weighted by Gasteiger charge is 2.39. The van der Waals surface area contributed by atoms with Gasteiger partial charge in [-0.1, -0.05) is 38.8 Å². The predicted octanol–water partition coefficient (Wildman–Crippen LogP) is 3.51. The van der Waals surface area contributed by atoms with Gasteiger partial charge in [0.25, 0.3) is 0 Å². The summed E-state index contributed by atoms with van der Waals surface area (Å²) < 4.78 is 0. The number of rotatable bonds is 5. The van der Waals surface area contributed by atoms with Crippen LogP contribution >= 0.6 is 0 Å². The molecule has 0 heterocycles. The molecule has 0 aliphatic heterocycles. The van der Waals surface area contributed by atoms with E-state index in [-0.39, 0.29) is 0 Å². The van der Waals surface area contributed by atoms with E-state index in [1.807, 2.05) is 0 Å². The molecule has 1 aliphatic rings. The van der Waals surface area contributed by atoms with E-state index in [9.17, 15) is 0 Å². The van der Waals surface area contributed by atoms with Crippen molar-refractivity contribution in [3.05, 3.63) is 12.2 Å². The van der Waals surface area contributed by atoms with Gasteiger partial charge in [0.05, 0.1) is 0 Å². The average molecular weight is 195 g/mol. The van der Waals surface area contributed by atoms with Crippen LogP contribution < -0.4 is 5.32 Å². The minimum Gasteiger partial charge on any atom is -0.310 e. The second-order valence-electron chi connectivity index (χ2n) is 4.76. The minimum atomic E-state index is 0.516. The minimum absolute atomic E-state index is 0.516. The Labute approximate surface area is 89.0 Å². The zero-order valence-corrected chi connectivity index (χ0v) is 10.0. The van der Waals surface area contributed by atoms with E-state index < -0.39 is 0 Å². The van der Waals surface area contributed by atoms with Crippen LogP contribution in [-0.4, -0.2) is 12.6 Å². The molecule has 0 aromatic rings. The van der Waals surface area contributed by atoms with Gasteiger partial charge in [-0.05, 0) is 38.1 Å². The second-order valence-corrected chi connectivity index (χ2v) is 4.76. The summed E-state index contributed by atoms with van der Waals surface area (Å²) in [5.41, 5.74) is 1.83. The van der Waals surface area contributed by atoms with Gasteiger partial charge in [-0.15, -0.1) is 0 Å². The number of likely N-dealkylation sites (N-methyl/N-ethyl adjacent to an activating group) is 1. The van der Waals surface area contributed by atoms with Crippen molar-refractivity contribution in [3.63, 3.8) is 0 Å². The van der Waals surface area contributed by atoms with Gasteiger partial charge < -0.3 is 5.32 Å². The van der Waals surface area contributed by atoms with Gasteiger partial charge in [-0.2, -0.15) is 0 Å². The zero-order chi connectivity index (χ0) is 10.6. The standard InChI is InChI=1S/C13H25N/c1-5-13(9-7-8-10-13)12(11(3)4)14-6-2/h12,14H,3,5-10H2,1-2,4H3. The number of hydrogen-bond donors (Lipinski definition) is 1. The molecule has 0 amide bonds. The van der Waals surface area contributed by atoms with Gasteiger partial charge in [0.1, 0.15) is 0 Å². The Morgan fingerprint density at radius 1 is 1.36 bits per heavy atom. The Bertz CT molecular complexity index is 189.